The first-order valence-electron chi connectivity index (χ1n) is 6.43. The van der Waals surface area contributed by atoms with Gasteiger partial charge >= 0.3 is 5.97 Å². The molecule has 19 heavy (non-hydrogen) atoms. The molecule has 0 N–H and O–H groups in total. The first-order chi connectivity index (χ1) is 9.10. The van der Waals surface area contributed by atoms with Crippen LogP contribution in [-0.2, 0) is 16.1 Å². The molecule has 1 fully saturated rings. The third-order valence-electron chi connectivity index (χ3n) is 3.09. The number of hydrogen-bond acceptors (Lipinski definition) is 3. The van der Waals surface area contributed by atoms with Crippen molar-refractivity contribution in [3.63, 3.8) is 0 Å². The van der Waals surface area contributed by atoms with Gasteiger partial charge in [0.2, 0.25) is 0 Å². The highest BCUT2D eigenvalue weighted by Crippen LogP contribution is 2.29. The van der Waals surface area contributed by atoms with Crippen molar-refractivity contribution < 1.29 is 13.9 Å². The fourth-order valence-electron chi connectivity index (χ4n) is 1.99. The van der Waals surface area contributed by atoms with Gasteiger partial charge in [-0.05, 0) is 37.5 Å². The second-order valence-electron chi connectivity index (χ2n) is 4.68. The van der Waals surface area contributed by atoms with Gasteiger partial charge in [-0.2, -0.15) is 0 Å². The van der Waals surface area contributed by atoms with E-state index in [-0.39, 0.29) is 11.8 Å². The standard InChI is InChI=1S/C14H17BrFNO2/c1-2-19-14(18)9-17(12-5-6-12)8-10-3-4-11(16)7-13(10)15/h3-4,7,12H,2,5-6,8-9H2,1H3. The second-order valence-corrected chi connectivity index (χ2v) is 5.53. The van der Waals surface area contributed by atoms with Gasteiger partial charge in [-0.1, -0.05) is 22.0 Å². The molecule has 104 valence electrons. The van der Waals surface area contributed by atoms with Crippen molar-refractivity contribution in [1.82, 2.24) is 4.90 Å². The quantitative estimate of drug-likeness (QED) is 0.751. The van der Waals surface area contributed by atoms with Crippen LogP contribution >= 0.6 is 15.9 Å². The van der Waals surface area contributed by atoms with Crippen LogP contribution in [0, 0.1) is 5.82 Å². The Labute approximate surface area is 120 Å². The number of hydrogen-bond donors (Lipinski definition) is 0. The Morgan fingerprint density at radius 3 is 2.84 bits per heavy atom. The summed E-state index contributed by atoms with van der Waals surface area (Å²) in [6, 6.07) is 5.08. The number of esters is 1. The first-order valence-corrected chi connectivity index (χ1v) is 7.23. The van der Waals surface area contributed by atoms with Crippen molar-refractivity contribution in [3.05, 3.63) is 34.1 Å². The van der Waals surface area contributed by atoms with Gasteiger partial charge in [0.15, 0.2) is 0 Å². The monoisotopic (exact) mass is 329 g/mol. The fraction of sp³-hybridized carbons (Fsp3) is 0.500. The van der Waals surface area contributed by atoms with Gasteiger partial charge in [0.1, 0.15) is 5.82 Å². The van der Waals surface area contributed by atoms with Crippen LogP contribution in [0.1, 0.15) is 25.3 Å². The minimum absolute atomic E-state index is 0.201. The van der Waals surface area contributed by atoms with Crippen LogP contribution in [0.15, 0.2) is 22.7 Å². The van der Waals surface area contributed by atoms with Gasteiger partial charge < -0.3 is 4.74 Å². The van der Waals surface area contributed by atoms with E-state index in [0.29, 0.717) is 25.7 Å². The van der Waals surface area contributed by atoms with Crippen molar-refractivity contribution in [1.29, 1.82) is 0 Å². The van der Waals surface area contributed by atoms with E-state index in [1.165, 1.54) is 12.1 Å². The smallest absolute Gasteiger partial charge is 0.320 e. The largest absolute Gasteiger partial charge is 0.465 e. The molecule has 0 unspecified atom stereocenters. The van der Waals surface area contributed by atoms with E-state index in [0.717, 1.165) is 22.9 Å². The Balaban J connectivity index is 2.02. The lowest BCUT2D eigenvalue weighted by atomic mass is 10.2. The zero-order chi connectivity index (χ0) is 13.8. The van der Waals surface area contributed by atoms with E-state index in [1.54, 1.807) is 13.0 Å². The van der Waals surface area contributed by atoms with Gasteiger partial charge in [-0.25, -0.2) is 4.39 Å². The number of benzene rings is 1. The third kappa shape index (κ3) is 4.28. The lowest BCUT2D eigenvalue weighted by molar-refractivity contribution is -0.144. The summed E-state index contributed by atoms with van der Waals surface area (Å²) in [5, 5.41) is 0. The third-order valence-corrected chi connectivity index (χ3v) is 3.83. The van der Waals surface area contributed by atoms with E-state index in [1.807, 2.05) is 0 Å². The van der Waals surface area contributed by atoms with Crippen molar-refractivity contribution in [2.45, 2.75) is 32.4 Å². The molecule has 1 saturated carbocycles. The van der Waals surface area contributed by atoms with Gasteiger partial charge in [0.25, 0.3) is 0 Å². The molecule has 1 aromatic rings. The number of carbonyl (C=O) groups excluding carboxylic acids is 1. The Bertz CT molecular complexity index is 463. The van der Waals surface area contributed by atoms with Crippen LogP contribution in [0.25, 0.3) is 0 Å². The van der Waals surface area contributed by atoms with Gasteiger partial charge in [0, 0.05) is 17.1 Å². The molecular formula is C14H17BrFNO2. The summed E-state index contributed by atoms with van der Waals surface area (Å²) in [5.41, 5.74) is 0.984. The van der Waals surface area contributed by atoms with Crippen molar-refractivity contribution in [2.75, 3.05) is 13.2 Å². The molecule has 1 aliphatic carbocycles. The topological polar surface area (TPSA) is 29.5 Å². The molecule has 0 radical (unpaired) electrons. The molecule has 3 nitrogen and oxygen atoms in total. The Kier molecular flexibility index (Phi) is 4.93. The number of ether oxygens (including phenoxy) is 1. The van der Waals surface area contributed by atoms with Crippen LogP contribution in [0.5, 0.6) is 0 Å². The summed E-state index contributed by atoms with van der Waals surface area (Å²) in [6.45, 7) is 3.13. The maximum atomic E-state index is 13.0. The SMILES string of the molecule is CCOC(=O)CN(Cc1ccc(F)cc1Br)C1CC1. The molecule has 0 aliphatic heterocycles. The van der Waals surface area contributed by atoms with Crippen molar-refractivity contribution >= 4 is 21.9 Å². The summed E-state index contributed by atoms with van der Waals surface area (Å²) in [4.78, 5) is 13.7. The zero-order valence-corrected chi connectivity index (χ0v) is 12.5. The number of nitrogens with zero attached hydrogens (tertiary/aromatic N) is 1. The first kappa shape index (κ1) is 14.5. The normalized spacial score (nSPS) is 14.7. The van der Waals surface area contributed by atoms with E-state index >= 15 is 0 Å². The lowest BCUT2D eigenvalue weighted by Crippen LogP contribution is -2.32. The second kappa shape index (κ2) is 6.48. The van der Waals surface area contributed by atoms with Crippen LogP contribution in [0.2, 0.25) is 0 Å². The highest BCUT2D eigenvalue weighted by atomic mass is 79.9. The minimum atomic E-state index is -0.265. The summed E-state index contributed by atoms with van der Waals surface area (Å²) >= 11 is 3.36. The maximum Gasteiger partial charge on any atom is 0.320 e. The molecule has 0 aromatic heterocycles. The average molecular weight is 330 g/mol. The zero-order valence-electron chi connectivity index (χ0n) is 10.9. The molecule has 2 rings (SSSR count). The predicted molar refractivity (Wildman–Crippen MR) is 74.2 cm³/mol. The molecule has 0 saturated heterocycles. The highest BCUT2D eigenvalue weighted by molar-refractivity contribution is 9.10. The van der Waals surface area contributed by atoms with E-state index in [4.69, 9.17) is 4.74 Å². The molecule has 0 atom stereocenters. The average Bonchev–Trinajstić information content (AvgIpc) is 3.16. The van der Waals surface area contributed by atoms with E-state index < -0.39 is 0 Å². The molecule has 0 heterocycles. The summed E-state index contributed by atoms with van der Waals surface area (Å²) in [5.74, 6) is -0.466. The van der Waals surface area contributed by atoms with Gasteiger partial charge in [-0.15, -0.1) is 0 Å². The molecule has 0 spiro atoms. The molecule has 1 aliphatic rings. The lowest BCUT2D eigenvalue weighted by Gasteiger charge is -2.21. The number of carbonyl (C=O) groups is 1. The number of halogens is 2. The number of rotatable bonds is 6. The van der Waals surface area contributed by atoms with Crippen LogP contribution < -0.4 is 0 Å². The highest BCUT2D eigenvalue weighted by Gasteiger charge is 2.30. The molecular weight excluding hydrogens is 313 g/mol. The minimum Gasteiger partial charge on any atom is -0.465 e. The molecule has 0 bridgehead atoms. The fourth-order valence-corrected chi connectivity index (χ4v) is 2.47. The predicted octanol–water partition coefficient (Wildman–Crippen LogP) is 3.12. The van der Waals surface area contributed by atoms with Gasteiger partial charge in [-0.3, -0.25) is 9.69 Å². The summed E-state index contributed by atoms with van der Waals surface area (Å²) < 4.78 is 18.8. The van der Waals surface area contributed by atoms with E-state index in [2.05, 4.69) is 20.8 Å². The molecule has 1 aromatic carbocycles. The Morgan fingerprint density at radius 1 is 1.53 bits per heavy atom. The van der Waals surface area contributed by atoms with Crippen LogP contribution in [0.3, 0.4) is 0 Å². The maximum absolute atomic E-state index is 13.0. The van der Waals surface area contributed by atoms with E-state index in [9.17, 15) is 9.18 Å². The van der Waals surface area contributed by atoms with Gasteiger partial charge in [0.05, 0.1) is 13.2 Å². The molecule has 5 heteroatoms. The van der Waals surface area contributed by atoms with Crippen LogP contribution in [-0.4, -0.2) is 30.1 Å². The van der Waals surface area contributed by atoms with Crippen LogP contribution in [0.4, 0.5) is 4.39 Å². The Hall–Kier alpha value is -0.940. The summed E-state index contributed by atoms with van der Waals surface area (Å²) in [7, 11) is 0. The Morgan fingerprint density at radius 2 is 2.26 bits per heavy atom. The van der Waals surface area contributed by atoms with Crippen molar-refractivity contribution in [3.8, 4) is 0 Å². The summed E-state index contributed by atoms with van der Waals surface area (Å²) in [6.07, 6.45) is 2.22. The van der Waals surface area contributed by atoms with Crippen molar-refractivity contribution in [2.24, 2.45) is 0 Å². The molecule has 0 amide bonds.